The van der Waals surface area contributed by atoms with Gasteiger partial charge in [-0.25, -0.2) is 4.98 Å². The Kier molecular flexibility index (Phi) is 4.30. The molecule has 0 aliphatic carbocycles. The lowest BCUT2D eigenvalue weighted by Gasteiger charge is -2.31. The topological polar surface area (TPSA) is 21.1 Å². The average molecular weight is 340 g/mol. The van der Waals surface area contributed by atoms with Gasteiger partial charge in [0.2, 0.25) is 0 Å². The van der Waals surface area contributed by atoms with Crippen LogP contribution in [0.2, 0.25) is 5.02 Å². The van der Waals surface area contributed by atoms with Gasteiger partial charge < -0.3 is 4.57 Å². The van der Waals surface area contributed by atoms with Crippen LogP contribution in [0.3, 0.4) is 0 Å². The van der Waals surface area contributed by atoms with E-state index in [9.17, 15) is 0 Å². The van der Waals surface area contributed by atoms with Gasteiger partial charge >= 0.3 is 0 Å². The van der Waals surface area contributed by atoms with E-state index >= 15 is 0 Å². The van der Waals surface area contributed by atoms with E-state index in [0.29, 0.717) is 5.92 Å². The Labute approximate surface area is 147 Å². The highest BCUT2D eigenvalue weighted by molar-refractivity contribution is 6.30. The highest BCUT2D eigenvalue weighted by atomic mass is 35.5. The van der Waals surface area contributed by atoms with E-state index in [4.69, 9.17) is 16.6 Å². The smallest absolute Gasteiger partial charge is 0.123 e. The third-order valence-electron chi connectivity index (χ3n) is 5.17. The summed E-state index contributed by atoms with van der Waals surface area (Å²) in [5.74, 6) is 1.81. The van der Waals surface area contributed by atoms with Crippen molar-refractivity contribution in [2.24, 2.45) is 7.05 Å². The fraction of sp³-hybridized carbons (Fsp3) is 0.350. The summed E-state index contributed by atoms with van der Waals surface area (Å²) in [5, 5.41) is 0.818. The van der Waals surface area contributed by atoms with E-state index in [1.165, 1.54) is 23.9 Å². The second kappa shape index (κ2) is 6.58. The van der Waals surface area contributed by atoms with Crippen molar-refractivity contribution in [1.29, 1.82) is 0 Å². The normalized spacial score (nSPS) is 16.8. The highest BCUT2D eigenvalue weighted by Gasteiger charge is 2.22. The quantitative estimate of drug-likeness (QED) is 0.695. The Balaban J connectivity index is 1.42. The lowest BCUT2D eigenvalue weighted by Crippen LogP contribution is -2.33. The molecular formula is C20H22ClN3. The van der Waals surface area contributed by atoms with Crippen LogP contribution < -0.4 is 0 Å². The molecule has 1 fully saturated rings. The number of hydrogen-bond donors (Lipinski definition) is 0. The number of aromatic nitrogens is 2. The first-order chi connectivity index (χ1) is 11.7. The van der Waals surface area contributed by atoms with Crippen molar-refractivity contribution >= 4 is 22.6 Å². The van der Waals surface area contributed by atoms with Gasteiger partial charge in [0.1, 0.15) is 5.82 Å². The zero-order valence-electron chi connectivity index (χ0n) is 14.0. The van der Waals surface area contributed by atoms with Crippen LogP contribution in [-0.2, 0) is 13.6 Å². The maximum Gasteiger partial charge on any atom is 0.123 e. The van der Waals surface area contributed by atoms with Gasteiger partial charge in [-0.2, -0.15) is 0 Å². The van der Waals surface area contributed by atoms with Crippen molar-refractivity contribution in [1.82, 2.24) is 14.5 Å². The van der Waals surface area contributed by atoms with Gasteiger partial charge in [-0.3, -0.25) is 4.90 Å². The first-order valence-electron chi connectivity index (χ1n) is 8.59. The number of likely N-dealkylation sites (tertiary alicyclic amines) is 1. The Hall–Kier alpha value is -1.84. The van der Waals surface area contributed by atoms with Gasteiger partial charge in [0.25, 0.3) is 0 Å². The van der Waals surface area contributed by atoms with Crippen molar-refractivity contribution in [3.63, 3.8) is 0 Å². The molecule has 0 bridgehead atoms. The molecule has 0 unspecified atom stereocenters. The zero-order valence-corrected chi connectivity index (χ0v) is 14.7. The average Bonchev–Trinajstić information content (AvgIpc) is 2.93. The fourth-order valence-electron chi connectivity index (χ4n) is 3.70. The van der Waals surface area contributed by atoms with E-state index in [-0.39, 0.29) is 0 Å². The molecule has 4 heteroatoms. The standard InChI is InChI=1S/C20H22ClN3/c1-23-19-5-3-2-4-18(19)22-20(23)14-24-12-10-16(11-13-24)15-6-8-17(21)9-7-15/h2-9,16H,10-14H2,1H3. The number of fused-ring (bicyclic) bond motifs is 1. The molecular weight excluding hydrogens is 318 g/mol. The van der Waals surface area contributed by atoms with Gasteiger partial charge in [0, 0.05) is 12.1 Å². The maximum atomic E-state index is 5.99. The third kappa shape index (κ3) is 3.06. The molecule has 0 amide bonds. The molecule has 0 N–H and O–H groups in total. The minimum absolute atomic E-state index is 0.652. The minimum atomic E-state index is 0.652. The van der Waals surface area contributed by atoms with E-state index < -0.39 is 0 Å². The molecule has 1 aliphatic heterocycles. The third-order valence-corrected chi connectivity index (χ3v) is 5.43. The van der Waals surface area contributed by atoms with Crippen LogP contribution in [0.15, 0.2) is 48.5 Å². The van der Waals surface area contributed by atoms with Crippen molar-refractivity contribution in [2.75, 3.05) is 13.1 Å². The second-order valence-corrected chi connectivity index (χ2v) is 7.11. The van der Waals surface area contributed by atoms with Crippen LogP contribution in [0.4, 0.5) is 0 Å². The van der Waals surface area contributed by atoms with Gasteiger partial charge in [-0.05, 0) is 61.7 Å². The molecule has 1 aliphatic rings. The van der Waals surface area contributed by atoms with Crippen molar-refractivity contribution in [3.8, 4) is 0 Å². The summed E-state index contributed by atoms with van der Waals surface area (Å²) in [6.45, 7) is 3.17. The summed E-state index contributed by atoms with van der Waals surface area (Å²) in [5.41, 5.74) is 3.72. The molecule has 1 saturated heterocycles. The summed E-state index contributed by atoms with van der Waals surface area (Å²) in [7, 11) is 2.12. The SMILES string of the molecule is Cn1c(CN2CCC(c3ccc(Cl)cc3)CC2)nc2ccccc21. The predicted molar refractivity (Wildman–Crippen MR) is 99.4 cm³/mol. The number of halogens is 1. The van der Waals surface area contributed by atoms with Crippen molar-refractivity contribution in [3.05, 3.63) is 64.9 Å². The number of aryl methyl sites for hydroxylation is 1. The Morgan fingerprint density at radius 1 is 1.04 bits per heavy atom. The van der Waals surface area contributed by atoms with Crippen LogP contribution in [0, 0.1) is 0 Å². The molecule has 0 spiro atoms. The number of piperidine rings is 1. The summed E-state index contributed by atoms with van der Waals surface area (Å²) in [6, 6.07) is 16.7. The number of nitrogens with zero attached hydrogens (tertiary/aromatic N) is 3. The molecule has 2 heterocycles. The lowest BCUT2D eigenvalue weighted by atomic mass is 9.89. The van der Waals surface area contributed by atoms with Crippen molar-refractivity contribution < 1.29 is 0 Å². The summed E-state index contributed by atoms with van der Waals surface area (Å²) < 4.78 is 2.22. The number of para-hydroxylation sites is 2. The van der Waals surface area contributed by atoms with Crippen molar-refractivity contribution in [2.45, 2.75) is 25.3 Å². The number of rotatable bonds is 3. The molecule has 2 aromatic carbocycles. The Bertz CT molecular complexity index is 830. The van der Waals surface area contributed by atoms with Crippen LogP contribution in [0.1, 0.15) is 30.1 Å². The molecule has 24 heavy (non-hydrogen) atoms. The van der Waals surface area contributed by atoms with Gasteiger partial charge in [-0.15, -0.1) is 0 Å². The molecule has 3 nitrogen and oxygen atoms in total. The van der Waals surface area contributed by atoms with Crippen LogP contribution >= 0.6 is 11.6 Å². The fourth-order valence-corrected chi connectivity index (χ4v) is 3.82. The second-order valence-electron chi connectivity index (χ2n) is 6.68. The van der Waals surface area contributed by atoms with Gasteiger partial charge in [0.15, 0.2) is 0 Å². The van der Waals surface area contributed by atoms with E-state index in [2.05, 4.69) is 52.9 Å². The monoisotopic (exact) mass is 339 g/mol. The summed E-state index contributed by atoms with van der Waals surface area (Å²) in [6.07, 6.45) is 2.40. The molecule has 0 atom stereocenters. The van der Waals surface area contributed by atoms with Gasteiger partial charge in [-0.1, -0.05) is 35.9 Å². The molecule has 3 aromatic rings. The maximum absolute atomic E-state index is 5.99. The van der Waals surface area contributed by atoms with Crippen LogP contribution in [0.5, 0.6) is 0 Å². The van der Waals surface area contributed by atoms with E-state index in [1.807, 2.05) is 12.1 Å². The van der Waals surface area contributed by atoms with Crippen LogP contribution in [0.25, 0.3) is 11.0 Å². The first-order valence-corrected chi connectivity index (χ1v) is 8.96. The number of imidazole rings is 1. The van der Waals surface area contributed by atoms with E-state index in [0.717, 1.165) is 36.0 Å². The summed E-state index contributed by atoms with van der Waals surface area (Å²) >= 11 is 5.99. The molecule has 0 saturated carbocycles. The molecule has 0 radical (unpaired) electrons. The lowest BCUT2D eigenvalue weighted by molar-refractivity contribution is 0.199. The highest BCUT2D eigenvalue weighted by Crippen LogP contribution is 2.29. The largest absolute Gasteiger partial charge is 0.330 e. The summed E-state index contributed by atoms with van der Waals surface area (Å²) in [4.78, 5) is 7.32. The predicted octanol–water partition coefficient (Wildman–Crippen LogP) is 4.61. The molecule has 4 rings (SSSR count). The first kappa shape index (κ1) is 15.7. The Morgan fingerprint density at radius 2 is 1.75 bits per heavy atom. The minimum Gasteiger partial charge on any atom is -0.330 e. The molecule has 124 valence electrons. The van der Waals surface area contributed by atoms with Gasteiger partial charge in [0.05, 0.1) is 17.6 Å². The zero-order chi connectivity index (χ0) is 16.5. The number of hydrogen-bond acceptors (Lipinski definition) is 2. The van der Waals surface area contributed by atoms with Crippen LogP contribution in [-0.4, -0.2) is 27.5 Å². The number of benzene rings is 2. The van der Waals surface area contributed by atoms with E-state index in [1.54, 1.807) is 0 Å². The molecule has 1 aromatic heterocycles. The Morgan fingerprint density at radius 3 is 2.46 bits per heavy atom.